The number of carbonyl (C=O) groups excluding carboxylic acids is 1. The van der Waals surface area contributed by atoms with Crippen molar-refractivity contribution in [2.75, 3.05) is 21.9 Å². The van der Waals surface area contributed by atoms with Crippen LogP contribution in [0, 0.1) is 10.1 Å². The highest BCUT2D eigenvalue weighted by Gasteiger charge is 2.28. The molecule has 8 nitrogen and oxygen atoms in total. The second-order valence-electron chi connectivity index (χ2n) is 6.02. The number of non-ortho nitro benzene ring substituents is 1. The van der Waals surface area contributed by atoms with Gasteiger partial charge >= 0.3 is 0 Å². The quantitative estimate of drug-likeness (QED) is 0.614. The molecule has 0 aromatic heterocycles. The van der Waals surface area contributed by atoms with E-state index in [2.05, 4.69) is 5.32 Å². The lowest BCUT2D eigenvalue weighted by Gasteiger charge is -2.29. The lowest BCUT2D eigenvalue weighted by Crippen LogP contribution is -2.38. The van der Waals surface area contributed by atoms with E-state index in [1.165, 1.54) is 46.8 Å². The number of rotatable bonds is 4. The predicted octanol–water partition coefficient (Wildman–Crippen LogP) is 3.43. The Hall–Kier alpha value is -2.65. The summed E-state index contributed by atoms with van der Waals surface area (Å²) < 4.78 is 25.8. The number of amides is 1. The monoisotopic (exact) mass is 409 g/mol. The Kier molecular flexibility index (Phi) is 5.33. The van der Waals surface area contributed by atoms with Crippen molar-refractivity contribution in [3.63, 3.8) is 0 Å². The molecule has 1 fully saturated rings. The first-order valence-electron chi connectivity index (χ1n) is 8.14. The summed E-state index contributed by atoms with van der Waals surface area (Å²) in [5.41, 5.74) is 0.797. The zero-order chi connectivity index (χ0) is 19.6. The van der Waals surface area contributed by atoms with Crippen molar-refractivity contribution < 1.29 is 18.1 Å². The molecule has 0 bridgehead atoms. The fourth-order valence-electron chi connectivity index (χ4n) is 2.77. The highest BCUT2D eigenvalue weighted by atomic mass is 35.5. The molecule has 142 valence electrons. The lowest BCUT2D eigenvalue weighted by atomic mass is 10.1. The summed E-state index contributed by atoms with van der Waals surface area (Å²) in [7, 11) is -3.46. The van der Waals surface area contributed by atoms with E-state index in [9.17, 15) is 23.3 Å². The fraction of sp³-hybridized carbons (Fsp3) is 0.235. The van der Waals surface area contributed by atoms with Crippen LogP contribution in [0.4, 0.5) is 17.1 Å². The average molecular weight is 410 g/mol. The van der Waals surface area contributed by atoms with Crippen molar-refractivity contribution in [1.82, 2.24) is 0 Å². The minimum absolute atomic E-state index is 0.0442. The van der Waals surface area contributed by atoms with Gasteiger partial charge in [0, 0.05) is 29.9 Å². The third-order valence-corrected chi connectivity index (χ3v) is 6.34. The smallest absolute Gasteiger partial charge is 0.269 e. The maximum Gasteiger partial charge on any atom is 0.269 e. The molecular weight excluding hydrogens is 394 g/mol. The molecule has 0 atom stereocenters. The van der Waals surface area contributed by atoms with Gasteiger partial charge < -0.3 is 5.32 Å². The van der Waals surface area contributed by atoms with E-state index in [-0.39, 0.29) is 27.7 Å². The van der Waals surface area contributed by atoms with E-state index in [0.29, 0.717) is 18.7 Å². The maximum atomic E-state index is 12.5. The average Bonchev–Trinajstić information content (AvgIpc) is 2.62. The Labute approximate surface area is 160 Å². The minimum Gasteiger partial charge on any atom is -0.322 e. The van der Waals surface area contributed by atoms with E-state index in [0.717, 1.165) is 6.42 Å². The van der Waals surface area contributed by atoms with E-state index in [1.54, 1.807) is 0 Å². The number of hydrogen-bond donors (Lipinski definition) is 1. The van der Waals surface area contributed by atoms with E-state index < -0.39 is 20.9 Å². The Morgan fingerprint density at radius 1 is 1.15 bits per heavy atom. The van der Waals surface area contributed by atoms with Crippen LogP contribution in [0.3, 0.4) is 0 Å². The molecule has 1 saturated heterocycles. The molecule has 1 N–H and O–H groups in total. The Balaban J connectivity index is 1.84. The van der Waals surface area contributed by atoms with Gasteiger partial charge in [-0.1, -0.05) is 11.6 Å². The van der Waals surface area contributed by atoms with Gasteiger partial charge in [0.1, 0.15) is 0 Å². The Bertz CT molecular complexity index is 992. The largest absolute Gasteiger partial charge is 0.322 e. The van der Waals surface area contributed by atoms with Crippen molar-refractivity contribution in [2.24, 2.45) is 0 Å². The lowest BCUT2D eigenvalue weighted by molar-refractivity contribution is -0.384. The Morgan fingerprint density at radius 3 is 2.48 bits per heavy atom. The molecule has 1 amide bonds. The third kappa shape index (κ3) is 4.20. The molecule has 2 aromatic rings. The number of nitro groups is 1. The molecule has 1 aliphatic rings. The first kappa shape index (κ1) is 19.1. The topological polar surface area (TPSA) is 110 Å². The molecule has 0 unspecified atom stereocenters. The first-order chi connectivity index (χ1) is 12.8. The van der Waals surface area contributed by atoms with E-state index in [1.807, 2.05) is 0 Å². The third-order valence-electron chi connectivity index (χ3n) is 4.16. The molecule has 2 aromatic carbocycles. The fourth-order valence-corrected chi connectivity index (χ4v) is 4.69. The van der Waals surface area contributed by atoms with Gasteiger partial charge in [0.15, 0.2) is 0 Å². The standard InChI is InChI=1S/C17H16ClN3O5S/c18-15-8-3-12(11-16(15)20-9-1-2-10-27(20,25)26)17(22)19-13-4-6-14(7-5-13)21(23)24/h3-8,11H,1-2,9-10H2,(H,19,22). The van der Waals surface area contributed by atoms with E-state index >= 15 is 0 Å². The molecule has 10 heteroatoms. The Morgan fingerprint density at radius 2 is 1.85 bits per heavy atom. The summed E-state index contributed by atoms with van der Waals surface area (Å²) in [6, 6.07) is 9.80. The maximum absolute atomic E-state index is 12.5. The van der Waals surface area contributed by atoms with Gasteiger partial charge in [0.25, 0.3) is 11.6 Å². The van der Waals surface area contributed by atoms with Crippen molar-refractivity contribution in [2.45, 2.75) is 12.8 Å². The van der Waals surface area contributed by atoms with Crippen LogP contribution in [-0.2, 0) is 10.0 Å². The zero-order valence-corrected chi connectivity index (χ0v) is 15.7. The van der Waals surface area contributed by atoms with Gasteiger partial charge in [-0.15, -0.1) is 0 Å². The number of anilines is 2. The number of sulfonamides is 1. The normalized spacial score (nSPS) is 16.0. The second kappa shape index (κ2) is 7.53. The van der Waals surface area contributed by atoms with Crippen molar-refractivity contribution in [1.29, 1.82) is 0 Å². The van der Waals surface area contributed by atoms with Gasteiger partial charge in [-0.05, 0) is 43.2 Å². The summed E-state index contributed by atoms with van der Waals surface area (Å²) in [4.78, 5) is 22.6. The zero-order valence-electron chi connectivity index (χ0n) is 14.1. The molecule has 0 spiro atoms. The molecule has 1 aliphatic heterocycles. The molecule has 3 rings (SSSR count). The van der Waals surface area contributed by atoms with Crippen molar-refractivity contribution >= 4 is 44.6 Å². The minimum atomic E-state index is -3.46. The first-order valence-corrected chi connectivity index (χ1v) is 10.1. The van der Waals surface area contributed by atoms with Gasteiger partial charge in [0.05, 0.1) is 21.4 Å². The summed E-state index contributed by atoms with van der Waals surface area (Å²) in [5.74, 6) is -0.432. The number of nitrogens with zero attached hydrogens (tertiary/aromatic N) is 2. The number of carbonyl (C=O) groups is 1. The van der Waals surface area contributed by atoms with Crippen LogP contribution in [0.1, 0.15) is 23.2 Å². The molecule has 0 aliphatic carbocycles. The van der Waals surface area contributed by atoms with Crippen LogP contribution in [0.15, 0.2) is 42.5 Å². The van der Waals surface area contributed by atoms with Crippen LogP contribution in [0.2, 0.25) is 5.02 Å². The summed E-state index contributed by atoms with van der Waals surface area (Å²) in [6.45, 7) is 0.315. The van der Waals surface area contributed by atoms with Gasteiger partial charge in [-0.2, -0.15) is 0 Å². The molecule has 0 saturated carbocycles. The van der Waals surface area contributed by atoms with Crippen LogP contribution >= 0.6 is 11.6 Å². The summed E-state index contributed by atoms with van der Waals surface area (Å²) in [5, 5.41) is 13.5. The van der Waals surface area contributed by atoms with Gasteiger partial charge in [0.2, 0.25) is 10.0 Å². The second-order valence-corrected chi connectivity index (χ2v) is 8.44. The summed E-state index contributed by atoms with van der Waals surface area (Å²) in [6.07, 6.45) is 1.31. The number of hydrogen-bond acceptors (Lipinski definition) is 5. The van der Waals surface area contributed by atoms with Crippen LogP contribution in [-0.4, -0.2) is 31.5 Å². The van der Waals surface area contributed by atoms with Gasteiger partial charge in [-0.3, -0.25) is 19.2 Å². The van der Waals surface area contributed by atoms with Crippen LogP contribution < -0.4 is 9.62 Å². The van der Waals surface area contributed by atoms with E-state index in [4.69, 9.17) is 11.6 Å². The molecule has 27 heavy (non-hydrogen) atoms. The highest BCUT2D eigenvalue weighted by molar-refractivity contribution is 7.92. The SMILES string of the molecule is O=C(Nc1ccc([N+](=O)[O-])cc1)c1ccc(Cl)c(N2CCCCS2(=O)=O)c1. The van der Waals surface area contributed by atoms with Gasteiger partial charge in [-0.25, -0.2) is 8.42 Å². The van der Waals surface area contributed by atoms with Crippen LogP contribution in [0.25, 0.3) is 0 Å². The number of benzene rings is 2. The number of nitro benzene ring substituents is 1. The molecule has 0 radical (unpaired) electrons. The van der Waals surface area contributed by atoms with Crippen molar-refractivity contribution in [3.8, 4) is 0 Å². The van der Waals surface area contributed by atoms with Crippen molar-refractivity contribution in [3.05, 3.63) is 63.2 Å². The molecular formula is C17H16ClN3O5S. The highest BCUT2D eigenvalue weighted by Crippen LogP contribution is 2.32. The van der Waals surface area contributed by atoms with Crippen LogP contribution in [0.5, 0.6) is 0 Å². The summed E-state index contributed by atoms with van der Waals surface area (Å²) >= 11 is 6.17. The predicted molar refractivity (Wildman–Crippen MR) is 103 cm³/mol. The number of nitrogens with one attached hydrogen (secondary N) is 1. The molecule has 1 heterocycles. The number of halogens is 1.